The molecule has 0 radical (unpaired) electrons. The molecular formula is C9H19B. The molecule has 0 bridgehead atoms. The third-order valence-electron chi connectivity index (χ3n) is 1.82. The van der Waals surface area contributed by atoms with Gasteiger partial charge in [-0.3, -0.25) is 0 Å². The molecule has 0 aromatic carbocycles. The predicted molar refractivity (Wildman–Crippen MR) is 50.7 cm³/mol. The van der Waals surface area contributed by atoms with Crippen LogP contribution in [0.15, 0.2) is 11.0 Å². The topological polar surface area (TPSA) is 0 Å². The zero-order valence-corrected chi connectivity index (χ0v) is 8.15. The molecule has 0 aromatic heterocycles. The summed E-state index contributed by atoms with van der Waals surface area (Å²) in [6.07, 6.45) is 0. The molecule has 0 atom stereocenters. The lowest BCUT2D eigenvalue weighted by atomic mass is 9.45. The Balaban J connectivity index is 4.44. The second-order valence-corrected chi connectivity index (χ2v) is 3.76. The summed E-state index contributed by atoms with van der Waals surface area (Å²) < 4.78 is 0. The van der Waals surface area contributed by atoms with Crippen LogP contribution < -0.4 is 0 Å². The van der Waals surface area contributed by atoms with Crippen LogP contribution in [0.1, 0.15) is 27.7 Å². The van der Waals surface area contributed by atoms with Gasteiger partial charge in [0, 0.05) is 0 Å². The summed E-state index contributed by atoms with van der Waals surface area (Å²) in [6.45, 7) is 14.2. The van der Waals surface area contributed by atoms with Crippen molar-refractivity contribution in [3.8, 4) is 0 Å². The van der Waals surface area contributed by atoms with Gasteiger partial charge in [0.05, 0.1) is 0 Å². The standard InChI is InChI=1S/C9H19B/c1-7(2)9(8(3)4)10(5)6/h7H,1-6H3. The van der Waals surface area contributed by atoms with E-state index in [2.05, 4.69) is 41.3 Å². The molecule has 10 heavy (non-hydrogen) atoms. The van der Waals surface area contributed by atoms with Gasteiger partial charge in [0.1, 0.15) is 0 Å². The molecule has 0 nitrogen and oxygen atoms in total. The van der Waals surface area contributed by atoms with Crippen molar-refractivity contribution in [2.24, 2.45) is 5.92 Å². The van der Waals surface area contributed by atoms with Gasteiger partial charge in [-0.2, -0.15) is 0 Å². The maximum absolute atomic E-state index is 2.27. The summed E-state index contributed by atoms with van der Waals surface area (Å²) in [5.74, 6) is 0.713. The fourth-order valence-electron chi connectivity index (χ4n) is 1.82. The van der Waals surface area contributed by atoms with E-state index in [9.17, 15) is 0 Å². The van der Waals surface area contributed by atoms with Crippen molar-refractivity contribution in [2.45, 2.75) is 41.3 Å². The van der Waals surface area contributed by atoms with Crippen LogP contribution in [0.4, 0.5) is 0 Å². The molecule has 0 spiro atoms. The van der Waals surface area contributed by atoms with Gasteiger partial charge < -0.3 is 0 Å². The molecule has 0 unspecified atom stereocenters. The average Bonchev–Trinajstić information content (AvgIpc) is 1.59. The third-order valence-corrected chi connectivity index (χ3v) is 1.82. The van der Waals surface area contributed by atoms with Gasteiger partial charge in [0.25, 0.3) is 0 Å². The van der Waals surface area contributed by atoms with Crippen LogP contribution >= 0.6 is 0 Å². The first-order chi connectivity index (χ1) is 4.46. The van der Waals surface area contributed by atoms with E-state index in [0.29, 0.717) is 12.6 Å². The molecular weight excluding hydrogens is 119 g/mol. The Morgan fingerprint density at radius 3 is 1.50 bits per heavy atom. The number of rotatable bonds is 2. The summed E-state index contributed by atoms with van der Waals surface area (Å²) in [4.78, 5) is 0. The number of hydrogen-bond donors (Lipinski definition) is 0. The van der Waals surface area contributed by atoms with Crippen LogP contribution in [0.2, 0.25) is 13.6 Å². The van der Waals surface area contributed by atoms with E-state index < -0.39 is 0 Å². The first-order valence-electron chi connectivity index (χ1n) is 4.14. The molecule has 0 rings (SSSR count). The molecule has 0 aliphatic carbocycles. The van der Waals surface area contributed by atoms with E-state index in [4.69, 9.17) is 0 Å². The van der Waals surface area contributed by atoms with Gasteiger partial charge in [0.2, 0.25) is 0 Å². The van der Waals surface area contributed by atoms with Crippen molar-refractivity contribution in [1.29, 1.82) is 0 Å². The lowest BCUT2D eigenvalue weighted by Crippen LogP contribution is -2.13. The molecule has 0 aliphatic rings. The Hall–Kier alpha value is -0.195. The summed E-state index contributed by atoms with van der Waals surface area (Å²) in [5.41, 5.74) is 3.10. The third kappa shape index (κ3) is 2.59. The average molecular weight is 138 g/mol. The van der Waals surface area contributed by atoms with Gasteiger partial charge in [-0.1, -0.05) is 33.1 Å². The Kier molecular flexibility index (Phi) is 3.77. The molecule has 0 aromatic rings. The Labute approximate surface area is 65.8 Å². The van der Waals surface area contributed by atoms with Crippen molar-refractivity contribution in [3.05, 3.63) is 11.0 Å². The largest absolute Gasteiger partial charge is 0.164 e. The van der Waals surface area contributed by atoms with E-state index >= 15 is 0 Å². The zero-order chi connectivity index (χ0) is 8.31. The van der Waals surface area contributed by atoms with Crippen LogP contribution in [-0.2, 0) is 0 Å². The molecule has 0 fully saturated rings. The lowest BCUT2D eigenvalue weighted by Gasteiger charge is -2.15. The molecule has 0 amide bonds. The minimum absolute atomic E-state index is 0.713. The smallest absolute Gasteiger partial charge is 0.101 e. The maximum Gasteiger partial charge on any atom is 0.164 e. The summed E-state index contributed by atoms with van der Waals surface area (Å²) >= 11 is 0. The summed E-state index contributed by atoms with van der Waals surface area (Å²) in [5, 5.41) is 0. The zero-order valence-electron chi connectivity index (χ0n) is 8.15. The van der Waals surface area contributed by atoms with Gasteiger partial charge in [0.15, 0.2) is 6.71 Å². The summed E-state index contributed by atoms with van der Waals surface area (Å²) in [7, 11) is 0. The van der Waals surface area contributed by atoms with Crippen LogP contribution in [0, 0.1) is 5.92 Å². The minimum atomic E-state index is 0.713. The summed E-state index contributed by atoms with van der Waals surface area (Å²) in [6, 6.07) is 0. The highest BCUT2D eigenvalue weighted by Gasteiger charge is 2.11. The highest BCUT2D eigenvalue weighted by Crippen LogP contribution is 2.17. The molecule has 0 heterocycles. The normalized spacial score (nSPS) is 9.90. The van der Waals surface area contributed by atoms with Crippen molar-refractivity contribution >= 4 is 6.71 Å². The first kappa shape index (κ1) is 9.80. The second-order valence-electron chi connectivity index (χ2n) is 3.76. The lowest BCUT2D eigenvalue weighted by molar-refractivity contribution is 0.796. The highest BCUT2D eigenvalue weighted by atomic mass is 14.0. The Morgan fingerprint density at radius 1 is 1.10 bits per heavy atom. The van der Waals surface area contributed by atoms with E-state index in [1.54, 1.807) is 5.47 Å². The monoisotopic (exact) mass is 138 g/mol. The van der Waals surface area contributed by atoms with Crippen molar-refractivity contribution in [1.82, 2.24) is 0 Å². The quantitative estimate of drug-likeness (QED) is 0.513. The van der Waals surface area contributed by atoms with E-state index in [1.807, 2.05) is 0 Å². The minimum Gasteiger partial charge on any atom is -0.101 e. The van der Waals surface area contributed by atoms with E-state index in [-0.39, 0.29) is 0 Å². The van der Waals surface area contributed by atoms with Crippen LogP contribution in [-0.4, -0.2) is 6.71 Å². The SMILES string of the molecule is CB(C)C(=C(C)C)C(C)C. The predicted octanol–water partition coefficient (Wildman–Crippen LogP) is 3.27. The van der Waals surface area contributed by atoms with Gasteiger partial charge in [-0.15, -0.1) is 5.47 Å². The van der Waals surface area contributed by atoms with Crippen molar-refractivity contribution in [3.63, 3.8) is 0 Å². The van der Waals surface area contributed by atoms with Crippen LogP contribution in [0.5, 0.6) is 0 Å². The van der Waals surface area contributed by atoms with E-state index in [1.165, 1.54) is 5.57 Å². The van der Waals surface area contributed by atoms with Crippen molar-refractivity contribution in [2.75, 3.05) is 0 Å². The molecule has 0 N–H and O–H groups in total. The van der Waals surface area contributed by atoms with Gasteiger partial charge in [-0.05, 0) is 19.8 Å². The molecule has 0 saturated heterocycles. The van der Waals surface area contributed by atoms with Gasteiger partial charge in [-0.25, -0.2) is 0 Å². The van der Waals surface area contributed by atoms with Crippen LogP contribution in [0.25, 0.3) is 0 Å². The van der Waals surface area contributed by atoms with Gasteiger partial charge >= 0.3 is 0 Å². The fourth-order valence-corrected chi connectivity index (χ4v) is 1.82. The van der Waals surface area contributed by atoms with Crippen LogP contribution in [0.3, 0.4) is 0 Å². The Bertz CT molecular complexity index is 118. The number of hydrogen-bond acceptors (Lipinski definition) is 0. The molecule has 0 saturated carbocycles. The van der Waals surface area contributed by atoms with E-state index in [0.717, 1.165) is 0 Å². The maximum atomic E-state index is 2.27. The van der Waals surface area contributed by atoms with Crippen molar-refractivity contribution < 1.29 is 0 Å². The number of allylic oxidation sites excluding steroid dienone is 2. The fraction of sp³-hybridized carbons (Fsp3) is 0.778. The second kappa shape index (κ2) is 3.85. The molecule has 1 heteroatoms. The molecule has 0 aliphatic heterocycles. The molecule has 58 valence electrons. The Morgan fingerprint density at radius 2 is 1.50 bits per heavy atom. The highest BCUT2D eigenvalue weighted by molar-refractivity contribution is 6.64. The first-order valence-corrected chi connectivity index (χ1v) is 4.14.